The van der Waals surface area contributed by atoms with Crippen molar-refractivity contribution in [3.8, 4) is 0 Å². The van der Waals surface area contributed by atoms with Gasteiger partial charge in [0, 0.05) is 12.4 Å². The Morgan fingerprint density at radius 3 is 2.32 bits per heavy atom. The van der Waals surface area contributed by atoms with E-state index in [0.717, 1.165) is 5.65 Å². The molecule has 2 aromatic rings. The number of amides is 1. The highest BCUT2D eigenvalue weighted by Gasteiger charge is 2.38. The monoisotopic (exact) mass is 275 g/mol. The van der Waals surface area contributed by atoms with Crippen LogP contribution in [-0.4, -0.2) is 32.5 Å². The molecular formula is C10H8F3N3O3. The predicted molar refractivity (Wildman–Crippen MR) is 57.4 cm³/mol. The van der Waals surface area contributed by atoms with E-state index in [0.29, 0.717) is 5.69 Å². The first-order valence-electron chi connectivity index (χ1n) is 4.75. The van der Waals surface area contributed by atoms with Crippen molar-refractivity contribution in [2.24, 2.45) is 5.73 Å². The fraction of sp³-hybridized carbons (Fsp3) is 0.100. The van der Waals surface area contributed by atoms with Crippen LogP contribution in [0.3, 0.4) is 0 Å². The third-order valence-corrected chi connectivity index (χ3v) is 1.86. The Labute approximate surface area is 104 Å². The third kappa shape index (κ3) is 3.98. The summed E-state index contributed by atoms with van der Waals surface area (Å²) >= 11 is 0. The number of hydrogen-bond donors (Lipinski definition) is 2. The number of carbonyl (C=O) groups is 2. The Kier molecular flexibility index (Phi) is 4.10. The van der Waals surface area contributed by atoms with Crippen LogP contribution in [0.5, 0.6) is 0 Å². The van der Waals surface area contributed by atoms with Crippen molar-refractivity contribution in [3.05, 3.63) is 36.3 Å². The number of aromatic nitrogens is 2. The van der Waals surface area contributed by atoms with Crippen LogP contribution in [0.1, 0.15) is 10.5 Å². The third-order valence-electron chi connectivity index (χ3n) is 1.86. The van der Waals surface area contributed by atoms with Gasteiger partial charge >= 0.3 is 12.1 Å². The highest BCUT2D eigenvalue weighted by Crippen LogP contribution is 2.13. The second-order valence-electron chi connectivity index (χ2n) is 3.26. The van der Waals surface area contributed by atoms with Crippen LogP contribution in [0.2, 0.25) is 0 Å². The lowest BCUT2D eigenvalue weighted by atomic mass is 10.5. The normalized spacial score (nSPS) is 10.7. The molecule has 0 aliphatic rings. The Bertz CT molecular complexity index is 574. The molecule has 0 fully saturated rings. The number of halogens is 3. The number of imidazole rings is 1. The van der Waals surface area contributed by atoms with Gasteiger partial charge in [0.05, 0.1) is 0 Å². The van der Waals surface area contributed by atoms with Crippen molar-refractivity contribution in [1.29, 1.82) is 0 Å². The number of hydrogen-bond acceptors (Lipinski definition) is 3. The molecule has 0 atom stereocenters. The average molecular weight is 275 g/mol. The zero-order valence-electron chi connectivity index (χ0n) is 9.26. The summed E-state index contributed by atoms with van der Waals surface area (Å²) in [6, 6.07) is 5.53. The van der Waals surface area contributed by atoms with Crippen molar-refractivity contribution < 1.29 is 27.9 Å². The Morgan fingerprint density at radius 1 is 1.32 bits per heavy atom. The fourth-order valence-electron chi connectivity index (χ4n) is 1.05. The number of rotatable bonds is 1. The quantitative estimate of drug-likeness (QED) is 0.813. The lowest BCUT2D eigenvalue weighted by molar-refractivity contribution is -0.192. The number of aliphatic carboxylic acids is 1. The first-order valence-corrected chi connectivity index (χ1v) is 4.75. The largest absolute Gasteiger partial charge is 0.490 e. The fourth-order valence-corrected chi connectivity index (χ4v) is 1.05. The van der Waals surface area contributed by atoms with E-state index in [1.54, 1.807) is 10.6 Å². The minimum atomic E-state index is -5.08. The second-order valence-corrected chi connectivity index (χ2v) is 3.26. The molecule has 0 bridgehead atoms. The summed E-state index contributed by atoms with van der Waals surface area (Å²) in [6.45, 7) is 0. The SMILES string of the molecule is NC(=O)c1cn2ccccc2n1.O=C(O)C(F)(F)F. The van der Waals surface area contributed by atoms with Crippen molar-refractivity contribution in [2.75, 3.05) is 0 Å². The smallest absolute Gasteiger partial charge is 0.475 e. The van der Waals surface area contributed by atoms with Gasteiger partial charge in [-0.15, -0.1) is 0 Å². The molecule has 0 aromatic carbocycles. The van der Waals surface area contributed by atoms with E-state index >= 15 is 0 Å². The molecule has 0 spiro atoms. The van der Waals surface area contributed by atoms with E-state index < -0.39 is 18.1 Å². The molecule has 0 aliphatic carbocycles. The van der Waals surface area contributed by atoms with Gasteiger partial charge in [-0.05, 0) is 12.1 Å². The molecule has 102 valence electrons. The summed E-state index contributed by atoms with van der Waals surface area (Å²) in [4.78, 5) is 23.6. The van der Waals surface area contributed by atoms with Crippen molar-refractivity contribution in [3.63, 3.8) is 0 Å². The number of carbonyl (C=O) groups excluding carboxylic acids is 1. The van der Waals surface area contributed by atoms with E-state index in [9.17, 15) is 18.0 Å². The maximum atomic E-state index is 10.7. The number of carboxylic acid groups (broad SMARTS) is 1. The van der Waals surface area contributed by atoms with Crippen LogP contribution < -0.4 is 5.73 Å². The van der Waals surface area contributed by atoms with E-state index in [4.69, 9.17) is 15.6 Å². The van der Waals surface area contributed by atoms with Gasteiger partial charge in [0.25, 0.3) is 5.91 Å². The molecule has 0 saturated carbocycles. The standard InChI is InChI=1S/C8H7N3O.C2HF3O2/c9-8(12)6-5-11-4-2-1-3-7(11)10-6;3-2(4,5)1(6)7/h1-5H,(H2,9,12);(H,6,7). The molecule has 2 heterocycles. The van der Waals surface area contributed by atoms with E-state index in [1.165, 1.54) is 0 Å². The summed E-state index contributed by atoms with van der Waals surface area (Å²) in [7, 11) is 0. The zero-order valence-corrected chi connectivity index (χ0v) is 9.26. The van der Waals surface area contributed by atoms with Crippen LogP contribution in [-0.2, 0) is 4.79 Å². The summed E-state index contributed by atoms with van der Waals surface area (Å²) in [5.74, 6) is -3.26. The van der Waals surface area contributed by atoms with E-state index in [2.05, 4.69) is 4.98 Å². The van der Waals surface area contributed by atoms with Gasteiger partial charge in [0.2, 0.25) is 0 Å². The van der Waals surface area contributed by atoms with E-state index in [1.807, 2.05) is 24.4 Å². The summed E-state index contributed by atoms with van der Waals surface area (Å²) in [5.41, 5.74) is 6.08. The molecule has 6 nitrogen and oxygen atoms in total. The highest BCUT2D eigenvalue weighted by atomic mass is 19.4. The lowest BCUT2D eigenvalue weighted by Crippen LogP contribution is -2.21. The number of carboxylic acids is 1. The first-order chi connectivity index (χ1) is 8.71. The van der Waals surface area contributed by atoms with Crippen LogP contribution in [0, 0.1) is 0 Å². The van der Waals surface area contributed by atoms with Gasteiger partial charge in [-0.25, -0.2) is 9.78 Å². The second kappa shape index (κ2) is 5.38. The van der Waals surface area contributed by atoms with Crippen LogP contribution in [0.4, 0.5) is 13.2 Å². The van der Waals surface area contributed by atoms with Crippen molar-refractivity contribution in [1.82, 2.24) is 9.38 Å². The number of pyridine rings is 1. The summed E-state index contributed by atoms with van der Waals surface area (Å²) < 4.78 is 33.5. The van der Waals surface area contributed by atoms with Crippen LogP contribution >= 0.6 is 0 Å². The molecule has 2 aromatic heterocycles. The number of alkyl halides is 3. The lowest BCUT2D eigenvalue weighted by Gasteiger charge is -1.93. The van der Waals surface area contributed by atoms with Gasteiger partial charge < -0.3 is 15.2 Å². The van der Waals surface area contributed by atoms with Crippen LogP contribution in [0.15, 0.2) is 30.6 Å². The molecule has 0 saturated heterocycles. The zero-order chi connectivity index (χ0) is 14.6. The molecule has 0 radical (unpaired) electrons. The maximum absolute atomic E-state index is 10.7. The van der Waals surface area contributed by atoms with Crippen molar-refractivity contribution >= 4 is 17.5 Å². The first kappa shape index (κ1) is 14.5. The molecular weight excluding hydrogens is 267 g/mol. The van der Waals surface area contributed by atoms with Gasteiger partial charge in [-0.3, -0.25) is 4.79 Å². The van der Waals surface area contributed by atoms with E-state index in [-0.39, 0.29) is 0 Å². The molecule has 2 rings (SSSR count). The van der Waals surface area contributed by atoms with Gasteiger partial charge in [-0.2, -0.15) is 13.2 Å². The van der Waals surface area contributed by atoms with Crippen LogP contribution in [0.25, 0.3) is 5.65 Å². The molecule has 9 heteroatoms. The molecule has 0 aliphatic heterocycles. The van der Waals surface area contributed by atoms with Gasteiger partial charge in [0.15, 0.2) is 0 Å². The molecule has 1 amide bonds. The number of nitrogens with zero attached hydrogens (tertiary/aromatic N) is 2. The Morgan fingerprint density at radius 2 is 1.89 bits per heavy atom. The molecule has 0 unspecified atom stereocenters. The number of fused-ring (bicyclic) bond motifs is 1. The van der Waals surface area contributed by atoms with Crippen molar-refractivity contribution in [2.45, 2.75) is 6.18 Å². The topological polar surface area (TPSA) is 97.7 Å². The number of nitrogens with two attached hydrogens (primary N) is 1. The van der Waals surface area contributed by atoms with Gasteiger partial charge in [-0.1, -0.05) is 6.07 Å². The molecule has 3 N–H and O–H groups in total. The van der Waals surface area contributed by atoms with Gasteiger partial charge in [0.1, 0.15) is 11.3 Å². The Balaban J connectivity index is 0.000000224. The minimum Gasteiger partial charge on any atom is -0.475 e. The Hall–Kier alpha value is -2.58. The summed E-state index contributed by atoms with van der Waals surface area (Å²) in [5, 5.41) is 7.12. The predicted octanol–water partition coefficient (Wildman–Crippen LogP) is 1.07. The maximum Gasteiger partial charge on any atom is 0.490 e. The summed E-state index contributed by atoms with van der Waals surface area (Å²) in [6.07, 6.45) is -1.66. The molecule has 19 heavy (non-hydrogen) atoms. The highest BCUT2D eigenvalue weighted by molar-refractivity contribution is 5.91. The number of primary amides is 1. The average Bonchev–Trinajstić information content (AvgIpc) is 2.72. The minimum absolute atomic E-state index is 0.293.